The van der Waals surface area contributed by atoms with E-state index >= 15 is 0 Å². The number of aliphatic hydroxyl groups excluding tert-OH is 1. The van der Waals surface area contributed by atoms with Gasteiger partial charge in [0.25, 0.3) is 5.91 Å². The molecule has 0 bridgehead atoms. The van der Waals surface area contributed by atoms with Crippen molar-refractivity contribution in [2.45, 2.75) is 37.8 Å². The number of imide groups is 1. The maximum Gasteiger partial charge on any atom is 0.328 e. The van der Waals surface area contributed by atoms with E-state index in [0.29, 0.717) is 24.2 Å². The van der Waals surface area contributed by atoms with Crippen molar-refractivity contribution in [3.8, 4) is 0 Å². The third-order valence-corrected chi connectivity index (χ3v) is 5.60. The molecule has 9 nitrogen and oxygen atoms in total. The highest BCUT2D eigenvalue weighted by atomic mass is 16.3. The predicted molar refractivity (Wildman–Crippen MR) is 103 cm³/mol. The van der Waals surface area contributed by atoms with Crippen LogP contribution in [0.4, 0.5) is 10.5 Å². The van der Waals surface area contributed by atoms with Gasteiger partial charge in [-0.15, -0.1) is 0 Å². The summed E-state index contributed by atoms with van der Waals surface area (Å²) in [7, 11) is 0. The van der Waals surface area contributed by atoms with E-state index in [1.165, 1.54) is 4.90 Å². The molecule has 2 saturated heterocycles. The summed E-state index contributed by atoms with van der Waals surface area (Å²) >= 11 is 0. The Morgan fingerprint density at radius 3 is 2.59 bits per heavy atom. The number of piperidine rings is 1. The number of likely N-dealkylation sites (tertiary alicyclic amines) is 1. The van der Waals surface area contributed by atoms with Crippen LogP contribution < -0.4 is 15.5 Å². The molecule has 2 aliphatic heterocycles. The molecule has 29 heavy (non-hydrogen) atoms. The van der Waals surface area contributed by atoms with Gasteiger partial charge in [0.05, 0.1) is 23.3 Å². The number of nitrogens with zero attached hydrogens (tertiary/aromatic N) is 2. The first-order chi connectivity index (χ1) is 13.9. The average Bonchev–Trinajstić information content (AvgIpc) is 3.52. The second-order valence-electron chi connectivity index (χ2n) is 7.77. The van der Waals surface area contributed by atoms with Crippen molar-refractivity contribution in [3.05, 3.63) is 29.8 Å². The fourth-order valence-corrected chi connectivity index (χ4v) is 3.77. The van der Waals surface area contributed by atoms with Crippen LogP contribution >= 0.6 is 0 Å². The summed E-state index contributed by atoms with van der Waals surface area (Å²) in [5.41, 5.74) is 0.752. The van der Waals surface area contributed by atoms with Crippen LogP contribution in [0.1, 0.15) is 36.0 Å². The lowest BCUT2D eigenvalue weighted by Crippen LogP contribution is -2.52. The van der Waals surface area contributed by atoms with E-state index in [9.17, 15) is 24.3 Å². The minimum Gasteiger partial charge on any atom is -0.392 e. The van der Waals surface area contributed by atoms with Crippen molar-refractivity contribution in [2.24, 2.45) is 5.92 Å². The molecular weight excluding hydrogens is 376 g/mol. The lowest BCUT2D eigenvalue weighted by Gasteiger charge is -2.36. The van der Waals surface area contributed by atoms with E-state index in [2.05, 4.69) is 10.6 Å². The van der Waals surface area contributed by atoms with E-state index in [1.807, 2.05) is 0 Å². The summed E-state index contributed by atoms with van der Waals surface area (Å²) in [6, 6.07) is 6.35. The van der Waals surface area contributed by atoms with E-state index in [1.54, 1.807) is 29.2 Å². The maximum atomic E-state index is 13.2. The highest BCUT2D eigenvalue weighted by Gasteiger charge is 2.38. The minimum absolute atomic E-state index is 0.123. The number of nitrogens with one attached hydrogen (secondary N) is 2. The lowest BCUT2D eigenvalue weighted by molar-refractivity contribution is -0.131. The number of urea groups is 1. The second-order valence-corrected chi connectivity index (χ2v) is 7.77. The molecule has 0 radical (unpaired) electrons. The zero-order valence-electron chi connectivity index (χ0n) is 16.0. The summed E-state index contributed by atoms with van der Waals surface area (Å²) in [4.78, 5) is 52.3. The van der Waals surface area contributed by atoms with Gasteiger partial charge in [-0.2, -0.15) is 0 Å². The number of rotatable bonds is 4. The molecule has 9 heteroatoms. The van der Waals surface area contributed by atoms with Gasteiger partial charge in [-0.3, -0.25) is 24.6 Å². The first-order valence-electron chi connectivity index (χ1n) is 9.92. The Balaban J connectivity index is 1.52. The average molecular weight is 400 g/mol. The van der Waals surface area contributed by atoms with Gasteiger partial charge in [0.15, 0.2) is 0 Å². The zero-order valence-corrected chi connectivity index (χ0v) is 16.0. The molecule has 3 aliphatic rings. The summed E-state index contributed by atoms with van der Waals surface area (Å²) < 4.78 is 0. The number of carbonyl (C=O) groups is 4. The van der Waals surface area contributed by atoms with Gasteiger partial charge in [0.1, 0.15) is 0 Å². The van der Waals surface area contributed by atoms with Gasteiger partial charge in [0.2, 0.25) is 11.8 Å². The Morgan fingerprint density at radius 2 is 1.86 bits per heavy atom. The van der Waals surface area contributed by atoms with Gasteiger partial charge < -0.3 is 15.3 Å². The smallest absolute Gasteiger partial charge is 0.328 e. The molecular formula is C20H24N4O5. The number of carbonyl (C=O) groups excluding carboxylic acids is 4. The van der Waals surface area contributed by atoms with Crippen molar-refractivity contribution in [1.29, 1.82) is 0 Å². The SMILES string of the molecule is O=C1CCN(c2ccccc2C(=O)N2CC[C@@H](O)[C@@H](C(=O)NC3CC3)C2)C(=O)N1. The summed E-state index contributed by atoms with van der Waals surface area (Å²) in [6.07, 6.45) is 1.59. The lowest BCUT2D eigenvalue weighted by atomic mass is 9.93. The second kappa shape index (κ2) is 7.82. The van der Waals surface area contributed by atoms with Crippen LogP contribution in [-0.4, -0.2) is 65.5 Å². The highest BCUT2D eigenvalue weighted by Crippen LogP contribution is 2.27. The van der Waals surface area contributed by atoms with Crippen LogP contribution in [-0.2, 0) is 9.59 Å². The van der Waals surface area contributed by atoms with Crippen molar-refractivity contribution < 1.29 is 24.3 Å². The summed E-state index contributed by atoms with van der Waals surface area (Å²) in [6.45, 7) is 0.643. The van der Waals surface area contributed by atoms with E-state index in [-0.39, 0.29) is 43.3 Å². The Hall–Kier alpha value is -2.94. The predicted octanol–water partition coefficient (Wildman–Crippen LogP) is 0.234. The molecule has 1 saturated carbocycles. The third kappa shape index (κ3) is 4.09. The zero-order chi connectivity index (χ0) is 20.5. The largest absolute Gasteiger partial charge is 0.392 e. The molecule has 1 aromatic carbocycles. The number of anilines is 1. The fraction of sp³-hybridized carbons (Fsp3) is 0.500. The Bertz CT molecular complexity index is 853. The number of hydrogen-bond acceptors (Lipinski definition) is 5. The molecule has 2 atom stereocenters. The topological polar surface area (TPSA) is 119 Å². The van der Waals surface area contributed by atoms with Crippen molar-refractivity contribution in [2.75, 3.05) is 24.5 Å². The highest BCUT2D eigenvalue weighted by molar-refractivity contribution is 6.09. The van der Waals surface area contributed by atoms with Gasteiger partial charge >= 0.3 is 6.03 Å². The van der Waals surface area contributed by atoms with Gasteiger partial charge in [-0.1, -0.05) is 12.1 Å². The monoisotopic (exact) mass is 400 g/mol. The molecule has 0 unspecified atom stereocenters. The minimum atomic E-state index is -0.785. The van der Waals surface area contributed by atoms with Crippen LogP contribution in [0.2, 0.25) is 0 Å². The van der Waals surface area contributed by atoms with Crippen LogP contribution in [0.5, 0.6) is 0 Å². The first-order valence-corrected chi connectivity index (χ1v) is 9.92. The quantitative estimate of drug-likeness (QED) is 0.669. The first kappa shape index (κ1) is 19.4. The van der Waals surface area contributed by atoms with Crippen molar-refractivity contribution in [1.82, 2.24) is 15.5 Å². The van der Waals surface area contributed by atoms with Crippen LogP contribution in [0.25, 0.3) is 0 Å². The van der Waals surface area contributed by atoms with E-state index in [4.69, 9.17) is 0 Å². The standard InChI is InChI=1S/C20H24N4O5/c25-16-7-9-23(11-14(16)18(27)21-12-5-6-12)19(28)13-3-1-2-4-15(13)24-10-8-17(26)22-20(24)29/h1-4,12,14,16,25H,5-11H2,(H,21,27)(H,22,26,29)/t14-,16+/m0/s1. The number of amides is 5. The van der Waals surface area contributed by atoms with Gasteiger partial charge in [0, 0.05) is 32.1 Å². The molecule has 5 amide bonds. The number of benzene rings is 1. The molecule has 3 fully saturated rings. The summed E-state index contributed by atoms with van der Waals surface area (Å²) in [5.74, 6) is -1.54. The molecule has 3 N–H and O–H groups in total. The molecule has 4 rings (SSSR count). The van der Waals surface area contributed by atoms with E-state index in [0.717, 1.165) is 12.8 Å². The molecule has 0 spiro atoms. The number of para-hydroxylation sites is 1. The third-order valence-electron chi connectivity index (χ3n) is 5.60. The number of aliphatic hydroxyl groups is 1. The van der Waals surface area contributed by atoms with Crippen LogP contribution in [0.3, 0.4) is 0 Å². The Kier molecular flexibility index (Phi) is 5.23. The Labute approximate surface area is 168 Å². The van der Waals surface area contributed by atoms with Crippen molar-refractivity contribution in [3.63, 3.8) is 0 Å². The van der Waals surface area contributed by atoms with Crippen LogP contribution in [0, 0.1) is 5.92 Å². The molecule has 0 aromatic heterocycles. The Morgan fingerprint density at radius 1 is 1.10 bits per heavy atom. The molecule has 154 valence electrons. The summed E-state index contributed by atoms with van der Waals surface area (Å²) in [5, 5.41) is 15.4. The molecule has 1 aliphatic carbocycles. The molecule has 1 aromatic rings. The van der Waals surface area contributed by atoms with Gasteiger partial charge in [-0.25, -0.2) is 4.79 Å². The molecule has 2 heterocycles. The number of hydrogen-bond donors (Lipinski definition) is 3. The van der Waals surface area contributed by atoms with Crippen LogP contribution in [0.15, 0.2) is 24.3 Å². The normalized spacial score (nSPS) is 24.9. The van der Waals surface area contributed by atoms with Crippen molar-refractivity contribution >= 4 is 29.4 Å². The van der Waals surface area contributed by atoms with E-state index < -0.39 is 18.1 Å². The fourth-order valence-electron chi connectivity index (χ4n) is 3.77. The van der Waals surface area contributed by atoms with Gasteiger partial charge in [-0.05, 0) is 31.4 Å². The maximum absolute atomic E-state index is 13.2.